The molecule has 1 aromatic heterocycles. The number of H-pyrrole nitrogens is 1. The second kappa shape index (κ2) is 6.29. The second-order valence-corrected chi connectivity index (χ2v) is 6.31. The maximum atomic E-state index is 13.1. The average Bonchev–Trinajstić information content (AvgIpc) is 3.07. The van der Waals surface area contributed by atoms with Gasteiger partial charge in [-0.1, -0.05) is 18.2 Å². The lowest BCUT2D eigenvalue weighted by atomic mass is 9.89. The summed E-state index contributed by atoms with van der Waals surface area (Å²) < 4.78 is 5.72. The van der Waals surface area contributed by atoms with Crippen molar-refractivity contribution in [2.24, 2.45) is 0 Å². The van der Waals surface area contributed by atoms with E-state index in [0.29, 0.717) is 37.0 Å². The first-order valence-electron chi connectivity index (χ1n) is 8.30. The Morgan fingerprint density at radius 2 is 2.20 bits per heavy atom. The molecule has 8 heteroatoms. The van der Waals surface area contributed by atoms with Crippen LogP contribution in [0.1, 0.15) is 35.7 Å². The Morgan fingerprint density at radius 3 is 3.00 bits per heavy atom. The van der Waals surface area contributed by atoms with Crippen molar-refractivity contribution in [1.29, 1.82) is 0 Å². The van der Waals surface area contributed by atoms with Crippen molar-refractivity contribution < 1.29 is 14.3 Å². The van der Waals surface area contributed by atoms with Crippen molar-refractivity contribution in [2.45, 2.75) is 25.4 Å². The number of para-hydroxylation sites is 1. The molecule has 1 fully saturated rings. The third-order valence-corrected chi connectivity index (χ3v) is 4.58. The molecule has 0 unspecified atom stereocenters. The number of fused-ring (bicyclic) bond motifs is 1. The molecule has 25 heavy (non-hydrogen) atoms. The van der Waals surface area contributed by atoms with E-state index in [2.05, 4.69) is 20.5 Å². The van der Waals surface area contributed by atoms with E-state index in [1.54, 1.807) is 4.90 Å². The van der Waals surface area contributed by atoms with Crippen LogP contribution in [0.25, 0.3) is 0 Å². The van der Waals surface area contributed by atoms with Crippen LogP contribution < -0.4 is 5.32 Å². The topological polar surface area (TPSA) is 100 Å². The van der Waals surface area contributed by atoms with Gasteiger partial charge in [-0.15, -0.1) is 0 Å². The molecule has 0 aliphatic carbocycles. The van der Waals surface area contributed by atoms with E-state index in [9.17, 15) is 9.59 Å². The van der Waals surface area contributed by atoms with Gasteiger partial charge in [-0.25, -0.2) is 4.98 Å². The molecule has 3 heterocycles. The van der Waals surface area contributed by atoms with E-state index in [-0.39, 0.29) is 24.3 Å². The van der Waals surface area contributed by atoms with Gasteiger partial charge in [0.2, 0.25) is 11.8 Å². The van der Waals surface area contributed by atoms with Crippen LogP contribution in [0.5, 0.6) is 0 Å². The summed E-state index contributed by atoms with van der Waals surface area (Å²) in [5.74, 6) is 0.614. The van der Waals surface area contributed by atoms with Crippen LogP contribution in [0.15, 0.2) is 24.3 Å². The van der Waals surface area contributed by atoms with Gasteiger partial charge in [-0.3, -0.25) is 14.7 Å². The number of benzene rings is 1. The molecule has 130 valence electrons. The number of aromatic nitrogens is 3. The van der Waals surface area contributed by atoms with E-state index in [1.165, 1.54) is 0 Å². The normalized spacial score (nSPS) is 23.1. The molecular formula is C17H19N5O3. The van der Waals surface area contributed by atoms with Crippen molar-refractivity contribution in [3.05, 3.63) is 41.5 Å². The fourth-order valence-electron chi connectivity index (χ4n) is 3.36. The highest BCUT2D eigenvalue weighted by atomic mass is 16.5. The molecular weight excluding hydrogens is 322 g/mol. The molecule has 2 aromatic rings. The number of carbonyl (C=O) groups excluding carboxylic acids is 2. The fourth-order valence-corrected chi connectivity index (χ4v) is 3.36. The minimum atomic E-state index is -0.461. The van der Waals surface area contributed by atoms with Crippen LogP contribution in [0.4, 0.5) is 5.69 Å². The van der Waals surface area contributed by atoms with Crippen molar-refractivity contribution >= 4 is 17.5 Å². The predicted molar refractivity (Wildman–Crippen MR) is 88.8 cm³/mol. The fraction of sp³-hybridized carbons (Fsp3) is 0.412. The zero-order chi connectivity index (χ0) is 17.4. The number of hydrogen-bond acceptors (Lipinski definition) is 5. The number of aromatic amines is 1. The van der Waals surface area contributed by atoms with Gasteiger partial charge in [-0.05, 0) is 18.6 Å². The highest BCUT2D eigenvalue weighted by molar-refractivity contribution is 6.01. The Labute approximate surface area is 144 Å². The predicted octanol–water partition coefficient (Wildman–Crippen LogP) is 1.14. The molecule has 0 radical (unpaired) electrons. The minimum absolute atomic E-state index is 0.0529. The Kier molecular flexibility index (Phi) is 3.96. The van der Waals surface area contributed by atoms with Gasteiger partial charge in [0, 0.05) is 18.7 Å². The summed E-state index contributed by atoms with van der Waals surface area (Å²) in [5, 5.41) is 9.75. The molecule has 2 N–H and O–H groups in total. The molecule has 0 spiro atoms. The van der Waals surface area contributed by atoms with Crippen LogP contribution in [0, 0.1) is 6.92 Å². The highest BCUT2D eigenvalue weighted by Crippen LogP contribution is 2.34. The third kappa shape index (κ3) is 3.00. The summed E-state index contributed by atoms with van der Waals surface area (Å²) in [5.41, 5.74) is 1.58. The average molecular weight is 341 g/mol. The first-order valence-corrected chi connectivity index (χ1v) is 8.30. The Balaban J connectivity index is 1.55. The first kappa shape index (κ1) is 15.8. The number of hydrogen-bond donors (Lipinski definition) is 2. The lowest BCUT2D eigenvalue weighted by Crippen LogP contribution is -2.46. The number of morpholine rings is 1. The molecule has 2 amide bonds. The van der Waals surface area contributed by atoms with Crippen LogP contribution in [-0.4, -0.2) is 51.6 Å². The number of carbonyl (C=O) groups is 2. The molecule has 2 atom stereocenters. The zero-order valence-corrected chi connectivity index (χ0v) is 13.9. The van der Waals surface area contributed by atoms with Gasteiger partial charge in [0.25, 0.3) is 0 Å². The van der Waals surface area contributed by atoms with Gasteiger partial charge in [-0.2, -0.15) is 5.10 Å². The van der Waals surface area contributed by atoms with E-state index in [4.69, 9.17) is 4.74 Å². The number of nitrogens with one attached hydrogen (secondary N) is 2. The van der Waals surface area contributed by atoms with Crippen LogP contribution in [-0.2, 0) is 14.3 Å². The van der Waals surface area contributed by atoms with E-state index in [0.717, 1.165) is 5.56 Å². The van der Waals surface area contributed by atoms with Crippen molar-refractivity contribution in [1.82, 2.24) is 20.1 Å². The van der Waals surface area contributed by atoms with E-state index >= 15 is 0 Å². The monoisotopic (exact) mass is 341 g/mol. The summed E-state index contributed by atoms with van der Waals surface area (Å²) in [4.78, 5) is 31.1. The Hall–Kier alpha value is -2.74. The largest absolute Gasteiger partial charge is 0.366 e. The smallest absolute Gasteiger partial charge is 0.230 e. The van der Waals surface area contributed by atoms with E-state index in [1.807, 2.05) is 31.2 Å². The van der Waals surface area contributed by atoms with Crippen molar-refractivity contribution in [3.63, 3.8) is 0 Å². The van der Waals surface area contributed by atoms with Gasteiger partial charge in [0.15, 0.2) is 5.82 Å². The number of rotatable bonds is 2. The highest BCUT2D eigenvalue weighted by Gasteiger charge is 2.36. The number of aryl methyl sites for hydroxylation is 1. The van der Waals surface area contributed by atoms with Gasteiger partial charge in [0.1, 0.15) is 11.9 Å². The van der Waals surface area contributed by atoms with Gasteiger partial charge >= 0.3 is 0 Å². The Bertz CT molecular complexity index is 818. The quantitative estimate of drug-likeness (QED) is 0.853. The number of ether oxygens (including phenoxy) is 1. The molecule has 4 rings (SSSR count). The molecule has 8 nitrogen and oxygen atoms in total. The number of nitrogens with zero attached hydrogens (tertiary/aromatic N) is 3. The van der Waals surface area contributed by atoms with Gasteiger partial charge in [0.05, 0.1) is 19.1 Å². The SMILES string of the molecule is Cc1nc([C@@H]2CN(C(=O)[C@H]3CC(=O)Nc4ccccc43)CCO2)n[nH]1. The second-order valence-electron chi connectivity index (χ2n) is 6.31. The maximum absolute atomic E-state index is 13.1. The Morgan fingerprint density at radius 1 is 1.36 bits per heavy atom. The number of amides is 2. The summed E-state index contributed by atoms with van der Waals surface area (Å²) in [6.45, 7) is 3.12. The summed E-state index contributed by atoms with van der Waals surface area (Å²) in [6, 6.07) is 7.45. The first-order chi connectivity index (χ1) is 12.1. The molecule has 1 aromatic carbocycles. The standard InChI is InChI=1S/C17H19N5O3/c1-10-18-16(21-20-10)14-9-22(6-7-25-14)17(24)12-8-15(23)19-13-5-3-2-4-11(12)13/h2-5,12,14H,6-9H2,1H3,(H,19,23)(H,18,20,21)/t12-,14-/m0/s1. The van der Waals surface area contributed by atoms with Crippen molar-refractivity contribution in [3.8, 4) is 0 Å². The molecule has 1 saturated heterocycles. The van der Waals surface area contributed by atoms with E-state index < -0.39 is 5.92 Å². The maximum Gasteiger partial charge on any atom is 0.230 e. The summed E-state index contributed by atoms with van der Waals surface area (Å²) in [6.07, 6.45) is -0.187. The van der Waals surface area contributed by atoms with Crippen LogP contribution in [0.3, 0.4) is 0 Å². The molecule has 2 aliphatic heterocycles. The molecule has 0 bridgehead atoms. The molecule has 2 aliphatic rings. The minimum Gasteiger partial charge on any atom is -0.366 e. The summed E-state index contributed by atoms with van der Waals surface area (Å²) >= 11 is 0. The molecule has 0 saturated carbocycles. The number of anilines is 1. The van der Waals surface area contributed by atoms with Gasteiger partial charge < -0.3 is 15.0 Å². The lowest BCUT2D eigenvalue weighted by Gasteiger charge is -2.35. The third-order valence-electron chi connectivity index (χ3n) is 4.58. The van der Waals surface area contributed by atoms with Crippen molar-refractivity contribution in [2.75, 3.05) is 25.0 Å². The lowest BCUT2D eigenvalue weighted by molar-refractivity contribution is -0.142. The zero-order valence-electron chi connectivity index (χ0n) is 13.9. The summed E-state index contributed by atoms with van der Waals surface area (Å²) in [7, 11) is 0. The van der Waals surface area contributed by atoms with Crippen LogP contribution in [0.2, 0.25) is 0 Å². The van der Waals surface area contributed by atoms with Crippen LogP contribution >= 0.6 is 0 Å².